The van der Waals surface area contributed by atoms with Gasteiger partial charge in [0.2, 0.25) is 5.91 Å². The third kappa shape index (κ3) is 3.54. The summed E-state index contributed by atoms with van der Waals surface area (Å²) in [6.07, 6.45) is 1.27. The largest absolute Gasteiger partial charge is 0.356 e. The van der Waals surface area contributed by atoms with Crippen LogP contribution in [-0.4, -0.2) is 45.2 Å². The van der Waals surface area contributed by atoms with Crippen molar-refractivity contribution < 1.29 is 14.3 Å². The van der Waals surface area contributed by atoms with Crippen LogP contribution in [0.2, 0.25) is 0 Å². The summed E-state index contributed by atoms with van der Waals surface area (Å²) in [5.74, 6) is -0.270. The molecular weight excluding hydrogens is 356 g/mol. The maximum Gasteiger partial charge on any atom is 0.254 e. The molecule has 1 aromatic carbocycles. The Bertz CT molecular complexity index is 889. The summed E-state index contributed by atoms with van der Waals surface area (Å²) in [6, 6.07) is 9.29. The Balaban J connectivity index is 1.61. The van der Waals surface area contributed by atoms with Gasteiger partial charge in [-0.05, 0) is 32.3 Å². The zero-order valence-electron chi connectivity index (χ0n) is 16.5. The lowest BCUT2D eigenvalue weighted by atomic mass is 9.98. The summed E-state index contributed by atoms with van der Waals surface area (Å²) in [5.41, 5.74) is 3.96. The second kappa shape index (κ2) is 7.39. The molecular formula is C21H26N4O3. The van der Waals surface area contributed by atoms with Crippen molar-refractivity contribution in [2.45, 2.75) is 51.4 Å². The first kappa shape index (κ1) is 18.7. The third-order valence-corrected chi connectivity index (χ3v) is 5.67. The Morgan fingerprint density at radius 3 is 2.61 bits per heavy atom. The SMILES string of the molecule is Cc1nn(C)c(C)c1CN(C(=O)[C@H]1OCC(=O)N[C@@H]1c1ccccc1)C1CC1. The number of rotatable bonds is 5. The lowest BCUT2D eigenvalue weighted by Gasteiger charge is -2.35. The Hall–Kier alpha value is -2.67. The maximum atomic E-state index is 13.5. The molecule has 2 heterocycles. The number of hydrogen-bond donors (Lipinski definition) is 1. The van der Waals surface area contributed by atoms with Gasteiger partial charge >= 0.3 is 0 Å². The van der Waals surface area contributed by atoms with Crippen molar-refractivity contribution in [3.05, 3.63) is 52.8 Å². The molecule has 1 saturated carbocycles. The van der Waals surface area contributed by atoms with Crippen molar-refractivity contribution in [2.75, 3.05) is 6.61 Å². The molecule has 2 atom stereocenters. The van der Waals surface area contributed by atoms with Gasteiger partial charge in [-0.3, -0.25) is 14.3 Å². The summed E-state index contributed by atoms with van der Waals surface area (Å²) < 4.78 is 7.61. The lowest BCUT2D eigenvalue weighted by molar-refractivity contribution is -0.156. The van der Waals surface area contributed by atoms with E-state index in [0.29, 0.717) is 6.54 Å². The zero-order valence-corrected chi connectivity index (χ0v) is 16.5. The lowest BCUT2D eigenvalue weighted by Crippen LogP contribution is -2.53. The molecule has 0 unspecified atom stereocenters. The molecule has 7 heteroatoms. The van der Waals surface area contributed by atoms with Crippen molar-refractivity contribution in [3.63, 3.8) is 0 Å². The topological polar surface area (TPSA) is 76.5 Å². The molecule has 2 amide bonds. The average Bonchev–Trinajstić information content (AvgIpc) is 3.49. The molecule has 4 rings (SSSR count). The van der Waals surface area contributed by atoms with Crippen LogP contribution in [0.15, 0.2) is 30.3 Å². The van der Waals surface area contributed by atoms with E-state index in [4.69, 9.17) is 4.74 Å². The van der Waals surface area contributed by atoms with Crippen LogP contribution in [0, 0.1) is 13.8 Å². The summed E-state index contributed by atoms with van der Waals surface area (Å²) >= 11 is 0. The number of ether oxygens (including phenoxy) is 1. The summed E-state index contributed by atoms with van der Waals surface area (Å²) in [4.78, 5) is 27.4. The summed E-state index contributed by atoms with van der Waals surface area (Å²) in [5, 5.41) is 7.42. The van der Waals surface area contributed by atoms with Crippen LogP contribution in [0.3, 0.4) is 0 Å². The van der Waals surface area contributed by atoms with Crippen LogP contribution < -0.4 is 5.32 Å². The van der Waals surface area contributed by atoms with Gasteiger partial charge in [-0.2, -0.15) is 5.10 Å². The highest BCUT2D eigenvalue weighted by Gasteiger charge is 2.42. The number of aromatic nitrogens is 2. The van der Waals surface area contributed by atoms with Gasteiger partial charge in [0.1, 0.15) is 6.61 Å². The molecule has 1 aromatic heterocycles. The fourth-order valence-electron chi connectivity index (χ4n) is 3.84. The van der Waals surface area contributed by atoms with Crippen molar-refractivity contribution in [3.8, 4) is 0 Å². The predicted octanol–water partition coefficient (Wildman–Crippen LogP) is 1.78. The molecule has 0 spiro atoms. The molecule has 28 heavy (non-hydrogen) atoms. The van der Waals surface area contributed by atoms with E-state index in [9.17, 15) is 9.59 Å². The molecule has 1 N–H and O–H groups in total. The number of nitrogens with zero attached hydrogens (tertiary/aromatic N) is 3. The minimum atomic E-state index is -0.724. The van der Waals surface area contributed by atoms with Crippen molar-refractivity contribution in [1.29, 1.82) is 0 Å². The number of carbonyl (C=O) groups is 2. The first-order valence-electron chi connectivity index (χ1n) is 9.71. The molecule has 2 aromatic rings. The van der Waals surface area contributed by atoms with Crippen LogP contribution in [0.25, 0.3) is 0 Å². The highest BCUT2D eigenvalue weighted by molar-refractivity contribution is 5.86. The fraction of sp³-hybridized carbons (Fsp3) is 0.476. The molecule has 0 bridgehead atoms. The molecule has 1 saturated heterocycles. The van der Waals surface area contributed by atoms with E-state index < -0.39 is 12.1 Å². The number of benzene rings is 1. The second-order valence-corrected chi connectivity index (χ2v) is 7.66. The number of carbonyl (C=O) groups excluding carboxylic acids is 2. The van der Waals surface area contributed by atoms with Gasteiger partial charge in [0.15, 0.2) is 6.10 Å². The van der Waals surface area contributed by atoms with Crippen LogP contribution in [0.4, 0.5) is 0 Å². The number of nitrogens with one attached hydrogen (secondary N) is 1. The molecule has 2 fully saturated rings. The van der Waals surface area contributed by atoms with Crippen LogP contribution in [0.5, 0.6) is 0 Å². The third-order valence-electron chi connectivity index (χ3n) is 5.67. The van der Waals surface area contributed by atoms with Gasteiger partial charge in [-0.1, -0.05) is 30.3 Å². The normalized spacial score (nSPS) is 22.0. The Labute approximate surface area is 164 Å². The quantitative estimate of drug-likeness (QED) is 0.855. The van der Waals surface area contributed by atoms with E-state index in [1.165, 1.54) is 0 Å². The van der Waals surface area contributed by atoms with Crippen molar-refractivity contribution in [1.82, 2.24) is 20.0 Å². The summed E-state index contributed by atoms with van der Waals surface area (Å²) in [7, 11) is 1.92. The molecule has 2 aliphatic rings. The highest BCUT2D eigenvalue weighted by Crippen LogP contribution is 2.33. The van der Waals surface area contributed by atoms with E-state index >= 15 is 0 Å². The average molecular weight is 382 g/mol. The fourth-order valence-corrected chi connectivity index (χ4v) is 3.84. The number of hydrogen-bond acceptors (Lipinski definition) is 4. The number of aryl methyl sites for hydroxylation is 2. The minimum absolute atomic E-state index is 0.0704. The maximum absolute atomic E-state index is 13.5. The van der Waals surface area contributed by atoms with E-state index in [0.717, 1.165) is 35.4 Å². The molecule has 0 radical (unpaired) electrons. The highest BCUT2D eigenvalue weighted by atomic mass is 16.5. The monoisotopic (exact) mass is 382 g/mol. The van der Waals surface area contributed by atoms with Crippen LogP contribution >= 0.6 is 0 Å². The minimum Gasteiger partial charge on any atom is -0.356 e. The van der Waals surface area contributed by atoms with E-state index in [2.05, 4.69) is 10.4 Å². The molecule has 1 aliphatic carbocycles. The van der Waals surface area contributed by atoms with Crippen molar-refractivity contribution >= 4 is 11.8 Å². The van der Waals surface area contributed by atoms with Gasteiger partial charge in [0, 0.05) is 30.9 Å². The summed E-state index contributed by atoms with van der Waals surface area (Å²) in [6.45, 7) is 4.42. The number of morpholine rings is 1. The Morgan fingerprint density at radius 2 is 2.00 bits per heavy atom. The standard InChI is InChI=1S/C21H26N4O3/c1-13-17(14(2)24(3)23-13)11-25(16-9-10-16)21(27)20-19(22-18(26)12-28-20)15-7-5-4-6-8-15/h4-8,16,19-20H,9-12H2,1-3H3,(H,22,26)/t19-,20+/m1/s1. The number of amides is 2. The smallest absolute Gasteiger partial charge is 0.254 e. The predicted molar refractivity (Wildman–Crippen MR) is 103 cm³/mol. The van der Waals surface area contributed by atoms with Gasteiger partial charge < -0.3 is 15.0 Å². The molecule has 1 aliphatic heterocycles. The molecule has 148 valence electrons. The molecule has 7 nitrogen and oxygen atoms in total. The van der Waals surface area contributed by atoms with E-state index in [1.807, 2.05) is 60.8 Å². The Kier molecular flexibility index (Phi) is 4.93. The van der Waals surface area contributed by atoms with Gasteiger partial charge in [-0.15, -0.1) is 0 Å². The van der Waals surface area contributed by atoms with Gasteiger partial charge in [0.25, 0.3) is 5.91 Å². The first-order valence-corrected chi connectivity index (χ1v) is 9.71. The van der Waals surface area contributed by atoms with E-state index in [-0.39, 0.29) is 24.5 Å². The van der Waals surface area contributed by atoms with E-state index in [1.54, 1.807) is 0 Å². The van der Waals surface area contributed by atoms with Crippen LogP contribution in [-0.2, 0) is 27.9 Å². The zero-order chi connectivity index (χ0) is 19.8. The second-order valence-electron chi connectivity index (χ2n) is 7.66. The van der Waals surface area contributed by atoms with Crippen LogP contribution in [0.1, 0.15) is 41.4 Å². The Morgan fingerprint density at radius 1 is 1.29 bits per heavy atom. The van der Waals surface area contributed by atoms with Gasteiger partial charge in [0.05, 0.1) is 11.7 Å². The first-order chi connectivity index (χ1) is 13.5. The van der Waals surface area contributed by atoms with Crippen molar-refractivity contribution in [2.24, 2.45) is 7.05 Å². The van der Waals surface area contributed by atoms with Gasteiger partial charge in [-0.25, -0.2) is 0 Å².